The number of thioether (sulfide) groups is 1. The molecule has 0 radical (unpaired) electrons. The minimum absolute atomic E-state index is 0.284. The molecule has 0 spiro atoms. The van der Waals surface area contributed by atoms with Crippen molar-refractivity contribution in [2.45, 2.75) is 6.43 Å². The fourth-order valence-corrected chi connectivity index (χ4v) is 3.34. The van der Waals surface area contributed by atoms with Gasteiger partial charge in [-0.15, -0.1) is 5.10 Å². The van der Waals surface area contributed by atoms with Crippen molar-refractivity contribution in [2.75, 3.05) is 24.6 Å². The SMILES string of the molecule is FC(F)c1nnsc1C(=S)N1CCSCC1. The molecule has 2 heterocycles. The minimum Gasteiger partial charge on any atom is -0.360 e. The average Bonchev–Trinajstić information content (AvgIpc) is 2.78. The van der Waals surface area contributed by atoms with E-state index in [0.29, 0.717) is 9.87 Å². The van der Waals surface area contributed by atoms with E-state index in [0.717, 1.165) is 36.1 Å². The molecule has 0 amide bonds. The highest BCUT2D eigenvalue weighted by atomic mass is 32.2. The topological polar surface area (TPSA) is 29.0 Å². The summed E-state index contributed by atoms with van der Waals surface area (Å²) in [5.41, 5.74) is -0.284. The van der Waals surface area contributed by atoms with Crippen LogP contribution in [0.3, 0.4) is 0 Å². The van der Waals surface area contributed by atoms with Gasteiger partial charge in [0.2, 0.25) is 0 Å². The van der Waals surface area contributed by atoms with Crippen molar-refractivity contribution in [1.29, 1.82) is 0 Å². The van der Waals surface area contributed by atoms with E-state index in [9.17, 15) is 8.78 Å². The van der Waals surface area contributed by atoms with E-state index in [2.05, 4.69) is 9.59 Å². The second-order valence-electron chi connectivity index (χ2n) is 3.19. The first-order valence-corrected chi connectivity index (χ1v) is 7.01. The van der Waals surface area contributed by atoms with Crippen molar-refractivity contribution in [3.63, 3.8) is 0 Å². The monoisotopic (exact) mass is 281 g/mol. The number of rotatable bonds is 2. The van der Waals surface area contributed by atoms with Gasteiger partial charge in [0.05, 0.1) is 0 Å². The maximum atomic E-state index is 12.6. The number of hydrogen-bond acceptors (Lipinski definition) is 5. The van der Waals surface area contributed by atoms with Gasteiger partial charge in [-0.25, -0.2) is 8.78 Å². The standard InChI is InChI=1S/C8H9F2N3S3/c9-7(10)5-6(16-12-11-5)8(14)13-1-3-15-4-2-13/h7H,1-4H2. The van der Waals surface area contributed by atoms with E-state index in [1.165, 1.54) is 0 Å². The van der Waals surface area contributed by atoms with Gasteiger partial charge in [0.15, 0.2) is 5.69 Å². The Morgan fingerprint density at radius 3 is 2.69 bits per heavy atom. The second-order valence-corrected chi connectivity index (χ2v) is 5.56. The van der Waals surface area contributed by atoms with Gasteiger partial charge in [-0.3, -0.25) is 0 Å². The smallest absolute Gasteiger partial charge is 0.283 e. The van der Waals surface area contributed by atoms with Crippen LogP contribution in [0.2, 0.25) is 0 Å². The minimum atomic E-state index is -2.61. The predicted molar refractivity (Wildman–Crippen MR) is 65.5 cm³/mol. The number of nitrogens with zero attached hydrogens (tertiary/aromatic N) is 3. The van der Waals surface area contributed by atoms with Crippen LogP contribution >= 0.6 is 35.5 Å². The lowest BCUT2D eigenvalue weighted by Crippen LogP contribution is -2.37. The Morgan fingerprint density at radius 2 is 2.06 bits per heavy atom. The summed E-state index contributed by atoms with van der Waals surface area (Å²) in [7, 11) is 0. The summed E-state index contributed by atoms with van der Waals surface area (Å²) < 4.78 is 28.8. The summed E-state index contributed by atoms with van der Waals surface area (Å²) in [5, 5.41) is 3.43. The maximum absolute atomic E-state index is 12.6. The van der Waals surface area contributed by atoms with Crippen LogP contribution in [-0.4, -0.2) is 44.1 Å². The van der Waals surface area contributed by atoms with E-state index in [4.69, 9.17) is 12.2 Å². The third-order valence-corrected chi connectivity index (χ3v) is 4.49. The van der Waals surface area contributed by atoms with Gasteiger partial charge in [0, 0.05) is 24.6 Å². The van der Waals surface area contributed by atoms with Crippen molar-refractivity contribution in [2.24, 2.45) is 0 Å². The molecule has 0 aromatic carbocycles. The summed E-state index contributed by atoms with van der Waals surface area (Å²) in [6.45, 7) is 1.62. The third kappa shape index (κ3) is 2.49. The Hall–Kier alpha value is -0.340. The van der Waals surface area contributed by atoms with Crippen molar-refractivity contribution in [3.05, 3.63) is 10.6 Å². The molecule has 1 aromatic heterocycles. The molecule has 0 atom stereocenters. The van der Waals surface area contributed by atoms with Gasteiger partial charge in [0.1, 0.15) is 9.87 Å². The molecule has 0 unspecified atom stereocenters. The molecule has 1 fully saturated rings. The van der Waals surface area contributed by atoms with Gasteiger partial charge in [-0.2, -0.15) is 11.8 Å². The number of hydrogen-bond donors (Lipinski definition) is 0. The van der Waals surface area contributed by atoms with Crippen LogP contribution in [0.15, 0.2) is 0 Å². The first-order chi connectivity index (χ1) is 7.70. The van der Waals surface area contributed by atoms with Crippen molar-refractivity contribution >= 4 is 40.5 Å². The summed E-state index contributed by atoms with van der Waals surface area (Å²) in [6.07, 6.45) is -2.61. The van der Waals surface area contributed by atoms with Crippen LogP contribution in [0.5, 0.6) is 0 Å². The van der Waals surface area contributed by atoms with Crippen LogP contribution in [0.25, 0.3) is 0 Å². The molecule has 8 heteroatoms. The average molecular weight is 281 g/mol. The summed E-state index contributed by atoms with van der Waals surface area (Å²) in [6, 6.07) is 0. The molecule has 1 aliphatic rings. The Labute approximate surface area is 105 Å². The quantitative estimate of drug-likeness (QED) is 0.775. The van der Waals surface area contributed by atoms with Gasteiger partial charge >= 0.3 is 0 Å². The van der Waals surface area contributed by atoms with Crippen LogP contribution < -0.4 is 0 Å². The molecule has 3 nitrogen and oxygen atoms in total. The largest absolute Gasteiger partial charge is 0.360 e. The second kappa shape index (κ2) is 5.33. The van der Waals surface area contributed by atoms with Crippen LogP contribution in [0.1, 0.15) is 17.0 Å². The van der Waals surface area contributed by atoms with E-state index in [1.807, 2.05) is 16.7 Å². The highest BCUT2D eigenvalue weighted by Gasteiger charge is 2.24. The van der Waals surface area contributed by atoms with Crippen LogP contribution in [0, 0.1) is 0 Å². The lowest BCUT2D eigenvalue weighted by molar-refractivity contribution is 0.145. The zero-order valence-electron chi connectivity index (χ0n) is 8.23. The molecule has 88 valence electrons. The first kappa shape index (κ1) is 12.1. The van der Waals surface area contributed by atoms with Gasteiger partial charge in [-0.1, -0.05) is 16.7 Å². The molecule has 0 aliphatic carbocycles. The van der Waals surface area contributed by atoms with Crippen LogP contribution in [0.4, 0.5) is 8.78 Å². The van der Waals surface area contributed by atoms with E-state index < -0.39 is 6.43 Å². The summed E-state index contributed by atoms with van der Waals surface area (Å²) in [5.74, 6) is 1.97. The first-order valence-electron chi connectivity index (χ1n) is 4.67. The van der Waals surface area contributed by atoms with E-state index in [-0.39, 0.29) is 5.69 Å². The molecule has 16 heavy (non-hydrogen) atoms. The molecule has 1 aliphatic heterocycles. The Morgan fingerprint density at radius 1 is 1.38 bits per heavy atom. The fourth-order valence-electron chi connectivity index (χ4n) is 1.40. The van der Waals surface area contributed by atoms with Gasteiger partial charge < -0.3 is 4.90 Å². The molecule has 1 saturated heterocycles. The number of halogens is 2. The molecule has 0 saturated carbocycles. The molecule has 2 rings (SSSR count). The molecule has 0 N–H and O–H groups in total. The van der Waals surface area contributed by atoms with Crippen molar-refractivity contribution in [1.82, 2.24) is 14.5 Å². The zero-order chi connectivity index (χ0) is 11.5. The van der Waals surface area contributed by atoms with Crippen molar-refractivity contribution in [3.8, 4) is 0 Å². The van der Waals surface area contributed by atoms with Gasteiger partial charge in [0.25, 0.3) is 6.43 Å². The van der Waals surface area contributed by atoms with Crippen molar-refractivity contribution < 1.29 is 8.78 Å². The number of alkyl halides is 2. The lowest BCUT2D eigenvalue weighted by atomic mass is 10.3. The highest BCUT2D eigenvalue weighted by molar-refractivity contribution is 7.99. The Balaban J connectivity index is 2.16. The third-order valence-electron chi connectivity index (χ3n) is 2.21. The predicted octanol–water partition coefficient (Wildman–Crippen LogP) is 2.20. The molecule has 0 bridgehead atoms. The normalized spacial score (nSPS) is 16.8. The fraction of sp³-hybridized carbons (Fsp3) is 0.625. The summed E-state index contributed by atoms with van der Waals surface area (Å²) >= 11 is 8.01. The van der Waals surface area contributed by atoms with Crippen LogP contribution in [-0.2, 0) is 0 Å². The highest BCUT2D eigenvalue weighted by Crippen LogP contribution is 2.25. The van der Waals surface area contributed by atoms with Gasteiger partial charge in [-0.05, 0) is 11.5 Å². The lowest BCUT2D eigenvalue weighted by Gasteiger charge is -2.28. The Bertz CT molecular complexity index is 376. The molecular weight excluding hydrogens is 272 g/mol. The van der Waals surface area contributed by atoms with E-state index in [1.54, 1.807) is 0 Å². The maximum Gasteiger partial charge on any atom is 0.283 e. The number of aromatic nitrogens is 2. The van der Waals surface area contributed by atoms with E-state index >= 15 is 0 Å². The molecular formula is C8H9F2N3S3. The summed E-state index contributed by atoms with van der Waals surface area (Å²) in [4.78, 5) is 2.76. The zero-order valence-corrected chi connectivity index (χ0v) is 10.7. The Kier molecular flexibility index (Phi) is 4.04. The molecule has 1 aromatic rings. The number of thiocarbonyl (C=S) groups is 1.